The molecule has 0 fully saturated rings. The van der Waals surface area contributed by atoms with E-state index in [4.69, 9.17) is 10.00 Å². The normalized spacial score (nSPS) is 10.2. The lowest BCUT2D eigenvalue weighted by Crippen LogP contribution is -2.30. The second kappa shape index (κ2) is 8.84. The summed E-state index contributed by atoms with van der Waals surface area (Å²) in [5.74, 6) is 0.0579. The van der Waals surface area contributed by atoms with Crippen LogP contribution in [0.4, 0.5) is 10.1 Å². The molecule has 0 atom stereocenters. The van der Waals surface area contributed by atoms with E-state index in [2.05, 4.69) is 0 Å². The Kier molecular flexibility index (Phi) is 6.53. The minimum Gasteiger partial charge on any atom is -0.497 e. The summed E-state index contributed by atoms with van der Waals surface area (Å²) >= 11 is 0. The fourth-order valence-electron chi connectivity index (χ4n) is 2.53. The predicted molar refractivity (Wildman–Crippen MR) is 94.8 cm³/mol. The summed E-state index contributed by atoms with van der Waals surface area (Å²) < 4.78 is 19.1. The van der Waals surface area contributed by atoms with E-state index < -0.39 is 5.82 Å². The third-order valence-electron chi connectivity index (χ3n) is 3.84. The molecule has 0 saturated carbocycles. The molecule has 0 radical (unpaired) electrons. The highest BCUT2D eigenvalue weighted by molar-refractivity contribution is 5.93. The lowest BCUT2D eigenvalue weighted by molar-refractivity contribution is -0.118. The molecule has 25 heavy (non-hydrogen) atoms. The summed E-state index contributed by atoms with van der Waals surface area (Å²) in [6.45, 7) is 2.30. The molecule has 0 N–H and O–H groups in total. The molecule has 0 saturated heterocycles. The molecule has 0 aromatic heterocycles. The molecule has 0 aliphatic heterocycles. The smallest absolute Gasteiger partial charge is 0.227 e. The highest BCUT2D eigenvalue weighted by Gasteiger charge is 2.18. The number of methoxy groups -OCH3 is 1. The number of nitrogens with zero attached hydrogens (tertiary/aromatic N) is 2. The number of anilines is 1. The van der Waals surface area contributed by atoms with Gasteiger partial charge >= 0.3 is 0 Å². The van der Waals surface area contributed by atoms with Crippen LogP contribution in [0.5, 0.6) is 5.75 Å². The van der Waals surface area contributed by atoms with Crippen LogP contribution < -0.4 is 9.64 Å². The quantitative estimate of drug-likeness (QED) is 0.749. The van der Waals surface area contributed by atoms with Crippen LogP contribution >= 0.6 is 0 Å². The van der Waals surface area contributed by atoms with Crippen molar-refractivity contribution in [3.8, 4) is 11.8 Å². The van der Waals surface area contributed by atoms with Crippen molar-refractivity contribution < 1.29 is 13.9 Å². The molecular weight excluding hydrogens is 319 g/mol. The van der Waals surface area contributed by atoms with Gasteiger partial charge in [0.25, 0.3) is 0 Å². The SMILES string of the molecule is CCCCC(=O)N(Cc1cccc(OC)c1)c1cc(F)cc(C#N)c1. The van der Waals surface area contributed by atoms with Gasteiger partial charge in [-0.05, 0) is 42.3 Å². The molecule has 0 heterocycles. The van der Waals surface area contributed by atoms with Gasteiger partial charge in [-0.25, -0.2) is 4.39 Å². The third-order valence-corrected chi connectivity index (χ3v) is 3.84. The standard InChI is InChI=1S/C20H21FN2O2/c1-3-4-8-20(24)23(14-15-6-5-7-19(11-15)25-2)18-10-16(13-22)9-17(21)12-18/h5-7,9-12H,3-4,8,14H2,1-2H3. The molecule has 130 valence electrons. The predicted octanol–water partition coefficient (Wildman–Crippen LogP) is 4.43. The van der Waals surface area contributed by atoms with Gasteiger partial charge in [-0.3, -0.25) is 4.79 Å². The summed E-state index contributed by atoms with van der Waals surface area (Å²) in [5, 5.41) is 9.07. The van der Waals surface area contributed by atoms with Crippen molar-refractivity contribution in [1.82, 2.24) is 0 Å². The maximum Gasteiger partial charge on any atom is 0.227 e. The minimum absolute atomic E-state index is 0.0980. The van der Waals surface area contributed by atoms with Crippen LogP contribution in [0.15, 0.2) is 42.5 Å². The first-order chi connectivity index (χ1) is 12.1. The topological polar surface area (TPSA) is 53.3 Å². The van der Waals surface area contributed by atoms with Crippen molar-refractivity contribution >= 4 is 11.6 Å². The number of nitriles is 1. The third kappa shape index (κ3) is 5.05. The molecule has 1 amide bonds. The van der Waals surface area contributed by atoms with Crippen LogP contribution in [0, 0.1) is 17.1 Å². The number of halogens is 1. The molecule has 5 heteroatoms. The number of benzene rings is 2. The molecule has 0 unspecified atom stereocenters. The van der Waals surface area contributed by atoms with Gasteiger partial charge in [0.15, 0.2) is 0 Å². The molecule has 0 aliphatic carbocycles. The van der Waals surface area contributed by atoms with Gasteiger partial charge in [0, 0.05) is 12.1 Å². The van der Waals surface area contributed by atoms with Crippen molar-refractivity contribution in [3.63, 3.8) is 0 Å². The van der Waals surface area contributed by atoms with Crippen LogP contribution in [-0.4, -0.2) is 13.0 Å². The molecule has 0 bridgehead atoms. The number of ether oxygens (including phenoxy) is 1. The van der Waals surface area contributed by atoms with E-state index in [-0.39, 0.29) is 18.0 Å². The Bertz CT molecular complexity index is 784. The number of carbonyl (C=O) groups is 1. The Labute approximate surface area is 147 Å². The number of rotatable bonds is 7. The molecule has 2 rings (SSSR count). The van der Waals surface area contributed by atoms with Gasteiger partial charge in [-0.2, -0.15) is 5.26 Å². The van der Waals surface area contributed by atoms with Crippen LogP contribution in [0.3, 0.4) is 0 Å². The van der Waals surface area contributed by atoms with E-state index >= 15 is 0 Å². The lowest BCUT2D eigenvalue weighted by Gasteiger charge is -2.23. The zero-order valence-corrected chi connectivity index (χ0v) is 14.5. The molecule has 2 aromatic carbocycles. The monoisotopic (exact) mass is 340 g/mol. The first kappa shape index (κ1) is 18.5. The van der Waals surface area contributed by atoms with Crippen LogP contribution in [-0.2, 0) is 11.3 Å². The molecule has 0 spiro atoms. The van der Waals surface area contributed by atoms with Crippen molar-refractivity contribution in [2.45, 2.75) is 32.7 Å². The summed E-state index contributed by atoms with van der Waals surface area (Å²) in [4.78, 5) is 14.2. The zero-order valence-electron chi connectivity index (χ0n) is 14.5. The second-order valence-electron chi connectivity index (χ2n) is 5.74. The summed E-state index contributed by atoms with van der Waals surface area (Å²) in [6, 6.07) is 13.3. The molecule has 0 aliphatic rings. The Morgan fingerprint density at radius 1 is 1.28 bits per heavy atom. The Hall–Kier alpha value is -2.87. The minimum atomic E-state index is -0.534. The van der Waals surface area contributed by atoms with Crippen molar-refractivity contribution in [2.24, 2.45) is 0 Å². The van der Waals surface area contributed by atoms with E-state index in [1.165, 1.54) is 17.0 Å². The number of amides is 1. The maximum absolute atomic E-state index is 13.8. The number of hydrogen-bond acceptors (Lipinski definition) is 3. The van der Waals surface area contributed by atoms with Crippen LogP contribution in [0.1, 0.15) is 37.3 Å². The van der Waals surface area contributed by atoms with Crippen molar-refractivity contribution in [1.29, 1.82) is 5.26 Å². The van der Waals surface area contributed by atoms with E-state index in [1.54, 1.807) is 7.11 Å². The van der Waals surface area contributed by atoms with Gasteiger partial charge in [-0.1, -0.05) is 25.5 Å². The molecule has 4 nitrogen and oxygen atoms in total. The number of carbonyl (C=O) groups excluding carboxylic acids is 1. The van der Waals surface area contributed by atoms with E-state index in [9.17, 15) is 9.18 Å². The van der Waals surface area contributed by atoms with Crippen molar-refractivity contribution in [3.05, 3.63) is 59.4 Å². The van der Waals surface area contributed by atoms with Gasteiger partial charge < -0.3 is 9.64 Å². The molecule has 2 aromatic rings. The van der Waals surface area contributed by atoms with Crippen LogP contribution in [0.25, 0.3) is 0 Å². The summed E-state index contributed by atoms with van der Waals surface area (Å²) in [5.41, 5.74) is 1.45. The van der Waals surface area contributed by atoms with Gasteiger partial charge in [0.1, 0.15) is 11.6 Å². The van der Waals surface area contributed by atoms with Gasteiger partial charge in [-0.15, -0.1) is 0 Å². The average molecular weight is 340 g/mol. The Morgan fingerprint density at radius 3 is 2.76 bits per heavy atom. The number of unbranched alkanes of at least 4 members (excludes halogenated alkanes) is 1. The fourth-order valence-corrected chi connectivity index (χ4v) is 2.53. The Balaban J connectivity index is 2.37. The number of hydrogen-bond donors (Lipinski definition) is 0. The first-order valence-electron chi connectivity index (χ1n) is 8.21. The van der Waals surface area contributed by atoms with Gasteiger partial charge in [0.05, 0.1) is 25.3 Å². The second-order valence-corrected chi connectivity index (χ2v) is 5.74. The molecular formula is C20H21FN2O2. The van der Waals surface area contributed by atoms with Crippen molar-refractivity contribution in [2.75, 3.05) is 12.0 Å². The average Bonchev–Trinajstić information content (AvgIpc) is 2.63. The maximum atomic E-state index is 13.8. The fraction of sp³-hybridized carbons (Fsp3) is 0.300. The van der Waals surface area contributed by atoms with Gasteiger partial charge in [0.2, 0.25) is 5.91 Å². The van der Waals surface area contributed by atoms with Crippen LogP contribution in [0.2, 0.25) is 0 Å². The van der Waals surface area contributed by atoms with E-state index in [1.807, 2.05) is 37.3 Å². The zero-order chi connectivity index (χ0) is 18.2. The summed E-state index contributed by atoms with van der Waals surface area (Å²) in [7, 11) is 1.58. The Morgan fingerprint density at radius 2 is 2.08 bits per heavy atom. The summed E-state index contributed by atoms with van der Waals surface area (Å²) in [6.07, 6.45) is 2.03. The highest BCUT2D eigenvalue weighted by Crippen LogP contribution is 2.23. The first-order valence-corrected chi connectivity index (χ1v) is 8.21. The van der Waals surface area contributed by atoms with E-state index in [0.29, 0.717) is 17.9 Å². The van der Waals surface area contributed by atoms with E-state index in [0.717, 1.165) is 24.5 Å². The lowest BCUT2D eigenvalue weighted by atomic mass is 10.1. The highest BCUT2D eigenvalue weighted by atomic mass is 19.1. The largest absolute Gasteiger partial charge is 0.497 e.